The number of hydrogen-bond donors (Lipinski definition) is 1. The molecule has 3 amide bonds. The molecule has 0 spiro atoms. The number of halogens is 3. The fraction of sp³-hybridized carbons (Fsp3) is 0.222. The minimum absolute atomic E-state index is 0.0502. The first-order valence-electron chi connectivity index (χ1n) is 19.2. The highest BCUT2D eigenvalue weighted by atomic mass is 32.2. The van der Waals surface area contributed by atoms with Crippen LogP contribution in [-0.4, -0.2) is 63.5 Å². The Morgan fingerprint density at radius 1 is 0.783 bits per heavy atom. The van der Waals surface area contributed by atoms with Crippen molar-refractivity contribution in [3.63, 3.8) is 0 Å². The summed E-state index contributed by atoms with van der Waals surface area (Å²) in [6, 6.07) is 31.4. The molecule has 1 aliphatic heterocycles. The van der Waals surface area contributed by atoms with E-state index in [1.54, 1.807) is 67.8 Å². The van der Waals surface area contributed by atoms with Gasteiger partial charge in [-0.1, -0.05) is 42.5 Å². The van der Waals surface area contributed by atoms with E-state index in [0.717, 1.165) is 60.0 Å². The number of anilines is 2. The van der Waals surface area contributed by atoms with E-state index in [4.69, 9.17) is 4.74 Å². The molecule has 5 aromatic carbocycles. The Hall–Kier alpha value is -5.90. The lowest BCUT2D eigenvalue weighted by Gasteiger charge is -2.29. The molecule has 1 aliphatic rings. The zero-order valence-electron chi connectivity index (χ0n) is 32.5. The molecule has 0 aliphatic carbocycles. The second kappa shape index (κ2) is 18.2. The Morgan fingerprint density at radius 2 is 1.50 bits per heavy atom. The Bertz CT molecular complexity index is 2630. The van der Waals surface area contributed by atoms with Crippen LogP contribution in [0.25, 0.3) is 10.9 Å². The van der Waals surface area contributed by atoms with Gasteiger partial charge in [-0.3, -0.25) is 14.4 Å². The van der Waals surface area contributed by atoms with Crippen LogP contribution in [0.2, 0.25) is 0 Å². The number of aromatic nitrogens is 1. The largest absolute Gasteiger partial charge is 0.416 e. The van der Waals surface area contributed by atoms with Gasteiger partial charge in [-0.15, -0.1) is 11.8 Å². The highest BCUT2D eigenvalue weighted by molar-refractivity contribution is 7.98. The van der Waals surface area contributed by atoms with E-state index in [1.165, 1.54) is 48.2 Å². The Balaban J connectivity index is 1.27. The predicted molar refractivity (Wildman–Crippen MR) is 226 cm³/mol. The summed E-state index contributed by atoms with van der Waals surface area (Å²) in [7, 11) is -3.14. The van der Waals surface area contributed by atoms with Crippen LogP contribution in [0.15, 0.2) is 137 Å². The van der Waals surface area contributed by atoms with E-state index in [2.05, 4.69) is 10.2 Å². The number of carbonyl (C=O) groups excluding carboxylic acids is 3. The number of nitrogens with one attached hydrogen (secondary N) is 1. The SMILES string of the molecule is COCCNC(=O)c1cccc(SCc2cccc(C(=O)N(C(=O)c3cc4ccc(C(F)(F)F)cc4n3S(=O)(=O)c3ccccc3)c3ccc(N4CCCCC4)cc3)c2)c1. The van der Waals surface area contributed by atoms with Crippen molar-refractivity contribution < 1.29 is 40.7 Å². The van der Waals surface area contributed by atoms with Gasteiger partial charge >= 0.3 is 6.18 Å². The van der Waals surface area contributed by atoms with Gasteiger partial charge in [-0.05, 0) is 110 Å². The normalized spacial score (nSPS) is 13.3. The summed E-state index contributed by atoms with van der Waals surface area (Å²) in [6.07, 6.45) is -1.66. The first-order chi connectivity index (χ1) is 28.8. The fourth-order valence-electron chi connectivity index (χ4n) is 7.05. The van der Waals surface area contributed by atoms with Crippen LogP contribution < -0.4 is 15.1 Å². The van der Waals surface area contributed by atoms with Crippen LogP contribution in [0.5, 0.6) is 0 Å². The third kappa shape index (κ3) is 9.28. The average molecular weight is 855 g/mol. The maximum Gasteiger partial charge on any atom is 0.416 e. The number of thioether (sulfide) groups is 1. The van der Waals surface area contributed by atoms with Crippen molar-refractivity contribution in [2.75, 3.05) is 43.2 Å². The molecule has 0 radical (unpaired) electrons. The topological polar surface area (TPSA) is 118 Å². The van der Waals surface area contributed by atoms with E-state index in [1.807, 2.05) is 12.1 Å². The van der Waals surface area contributed by atoms with Crippen LogP contribution in [0.1, 0.15) is 61.6 Å². The number of alkyl halides is 3. The van der Waals surface area contributed by atoms with Crippen LogP contribution in [0.4, 0.5) is 24.5 Å². The number of imide groups is 1. The van der Waals surface area contributed by atoms with Gasteiger partial charge in [0.2, 0.25) is 0 Å². The van der Waals surface area contributed by atoms with Gasteiger partial charge in [0, 0.05) is 59.6 Å². The summed E-state index contributed by atoms with van der Waals surface area (Å²) in [6.45, 7) is 2.42. The highest BCUT2D eigenvalue weighted by Crippen LogP contribution is 2.36. The number of rotatable bonds is 13. The summed E-state index contributed by atoms with van der Waals surface area (Å²) in [5.74, 6) is -1.70. The lowest BCUT2D eigenvalue weighted by atomic mass is 10.1. The van der Waals surface area contributed by atoms with E-state index >= 15 is 4.79 Å². The fourth-order valence-corrected chi connectivity index (χ4v) is 9.47. The lowest BCUT2D eigenvalue weighted by Crippen LogP contribution is -2.39. The Labute approximate surface area is 350 Å². The van der Waals surface area contributed by atoms with Crippen LogP contribution in [0, 0.1) is 0 Å². The molecule has 10 nitrogen and oxygen atoms in total. The minimum Gasteiger partial charge on any atom is -0.383 e. The second-order valence-corrected chi connectivity index (χ2v) is 17.0. The van der Waals surface area contributed by atoms with Crippen molar-refractivity contribution in [3.05, 3.63) is 155 Å². The first kappa shape index (κ1) is 42.2. The van der Waals surface area contributed by atoms with Crippen molar-refractivity contribution in [1.29, 1.82) is 0 Å². The molecule has 7 rings (SSSR count). The number of carbonyl (C=O) groups is 3. The molecule has 0 unspecified atom stereocenters. The number of ether oxygens (including phenoxy) is 1. The Morgan fingerprint density at radius 3 is 2.22 bits per heavy atom. The van der Waals surface area contributed by atoms with Gasteiger partial charge in [-0.2, -0.15) is 13.2 Å². The van der Waals surface area contributed by atoms with Crippen molar-refractivity contribution in [1.82, 2.24) is 9.29 Å². The van der Waals surface area contributed by atoms with Crippen LogP contribution in [0.3, 0.4) is 0 Å². The summed E-state index contributed by atoms with van der Waals surface area (Å²) < 4.78 is 76.4. The van der Waals surface area contributed by atoms with Crippen LogP contribution in [-0.2, 0) is 26.7 Å². The van der Waals surface area contributed by atoms with Gasteiger partial charge < -0.3 is 15.0 Å². The molecule has 6 aromatic rings. The molecule has 15 heteroatoms. The molecule has 1 aromatic heterocycles. The predicted octanol–water partition coefficient (Wildman–Crippen LogP) is 9.04. The van der Waals surface area contributed by atoms with Gasteiger partial charge in [0.15, 0.2) is 0 Å². The number of methoxy groups -OCH3 is 1. The molecule has 310 valence electrons. The molecule has 60 heavy (non-hydrogen) atoms. The molecule has 1 fully saturated rings. The molecule has 0 saturated carbocycles. The van der Waals surface area contributed by atoms with Gasteiger partial charge in [0.05, 0.1) is 28.3 Å². The second-order valence-electron chi connectivity index (χ2n) is 14.2. The number of amides is 3. The molecule has 1 saturated heterocycles. The van der Waals surface area contributed by atoms with Crippen molar-refractivity contribution in [2.45, 2.75) is 41.0 Å². The summed E-state index contributed by atoms with van der Waals surface area (Å²) in [4.78, 5) is 46.0. The van der Waals surface area contributed by atoms with Crippen molar-refractivity contribution >= 4 is 61.8 Å². The third-order valence-corrected chi connectivity index (χ3v) is 12.9. The van der Waals surface area contributed by atoms with Crippen molar-refractivity contribution in [3.8, 4) is 0 Å². The van der Waals surface area contributed by atoms with Gasteiger partial charge in [0.25, 0.3) is 27.7 Å². The maximum absolute atomic E-state index is 15.0. The maximum atomic E-state index is 15.0. The molecular formula is C45H41F3N4O6S2. The van der Waals surface area contributed by atoms with Crippen LogP contribution >= 0.6 is 11.8 Å². The molecule has 0 atom stereocenters. The highest BCUT2D eigenvalue weighted by Gasteiger charge is 2.36. The number of hydrogen-bond acceptors (Lipinski definition) is 8. The first-order valence-corrected chi connectivity index (χ1v) is 21.6. The summed E-state index contributed by atoms with van der Waals surface area (Å²) >= 11 is 1.43. The number of benzene rings is 5. The summed E-state index contributed by atoms with van der Waals surface area (Å²) in [5.41, 5.74) is 0.312. The van der Waals surface area contributed by atoms with Gasteiger partial charge in [0.1, 0.15) is 5.69 Å². The third-order valence-electron chi connectivity index (χ3n) is 10.1. The molecular weight excluding hydrogens is 814 g/mol. The van der Waals surface area contributed by atoms with Gasteiger partial charge in [-0.25, -0.2) is 17.3 Å². The molecule has 2 heterocycles. The average Bonchev–Trinajstić information content (AvgIpc) is 3.67. The zero-order valence-corrected chi connectivity index (χ0v) is 34.2. The van der Waals surface area contributed by atoms with E-state index in [0.29, 0.717) is 40.1 Å². The minimum atomic E-state index is -4.81. The monoisotopic (exact) mass is 854 g/mol. The molecule has 0 bridgehead atoms. The quantitative estimate of drug-likeness (QED) is 0.0695. The zero-order chi connectivity index (χ0) is 42.4. The lowest BCUT2D eigenvalue weighted by molar-refractivity contribution is -0.137. The summed E-state index contributed by atoms with van der Waals surface area (Å²) in [5, 5.41) is 2.85. The molecule has 1 N–H and O–H groups in total. The smallest absolute Gasteiger partial charge is 0.383 e. The number of piperidine rings is 1. The number of fused-ring (bicyclic) bond motifs is 1. The van der Waals surface area contributed by atoms with E-state index in [9.17, 15) is 31.2 Å². The number of nitrogens with zero attached hydrogens (tertiary/aromatic N) is 3. The van der Waals surface area contributed by atoms with Crippen molar-refractivity contribution in [2.24, 2.45) is 0 Å². The Kier molecular flexibility index (Phi) is 12.8. The van der Waals surface area contributed by atoms with E-state index < -0.39 is 39.3 Å². The van der Waals surface area contributed by atoms with E-state index in [-0.39, 0.29) is 33.0 Å². The standard InChI is InChI=1S/C45H41F3N4O6S2/c1-58-25-22-49-42(53)33-11-9-13-38(27-33)59-30-31-10-8-12-34(26-31)43(54)51(37-20-18-36(19-21-37)50-23-6-3-7-24-50)44(55)41-28-32-16-17-35(45(46,47)48)29-40(32)52(41)60(56,57)39-14-4-2-5-15-39/h2,4-5,8-21,26-29H,3,6-7,22-25,30H2,1H3,(H,49,53).